The van der Waals surface area contributed by atoms with Crippen molar-refractivity contribution in [3.05, 3.63) is 102 Å². The largest absolute Gasteiger partial charge is 0.382 e. The first-order valence-corrected chi connectivity index (χ1v) is 13.9. The molecule has 5 aromatic rings. The van der Waals surface area contributed by atoms with Gasteiger partial charge in [0.2, 0.25) is 0 Å². The maximum atomic E-state index is 12.2. The lowest BCUT2D eigenvalue weighted by Crippen LogP contribution is -2.67. The first-order chi connectivity index (χ1) is 18.2. The fraction of sp³-hybridized carbons (Fsp3) is 0.324. The molecule has 0 saturated carbocycles. The molecule has 8 rings (SSSR count). The lowest BCUT2D eigenvalue weighted by atomic mass is 9.70. The van der Waals surface area contributed by atoms with Gasteiger partial charge in [-0.15, -0.1) is 0 Å². The van der Waals surface area contributed by atoms with Crippen LogP contribution in [0, 0.1) is 11.8 Å². The van der Waals surface area contributed by atoms with Gasteiger partial charge in [-0.25, -0.2) is 0 Å². The topological polar surface area (TPSA) is 33.1 Å². The summed E-state index contributed by atoms with van der Waals surface area (Å²) in [5.41, 5.74) is 3.45. The van der Waals surface area contributed by atoms with Crippen LogP contribution in [0.1, 0.15) is 43.4 Å². The number of hydrogen-bond acceptors (Lipinski definition) is 2. The molecule has 3 heteroatoms. The van der Waals surface area contributed by atoms with Crippen molar-refractivity contribution in [2.75, 3.05) is 13.1 Å². The van der Waals surface area contributed by atoms with E-state index in [0.29, 0.717) is 5.92 Å². The Morgan fingerprint density at radius 3 is 2.30 bits per heavy atom. The second kappa shape index (κ2) is 8.93. The molecule has 0 aliphatic carbocycles. The zero-order chi connectivity index (χ0) is 25.0. The summed E-state index contributed by atoms with van der Waals surface area (Å²) >= 11 is 0. The molecule has 3 aliphatic rings. The Morgan fingerprint density at radius 2 is 1.57 bits per heavy atom. The Kier molecular flexibility index (Phi) is 5.53. The molecule has 3 fully saturated rings. The van der Waals surface area contributed by atoms with Crippen molar-refractivity contribution in [1.82, 2.24) is 4.98 Å². The van der Waals surface area contributed by atoms with Gasteiger partial charge in [0, 0.05) is 35.9 Å². The summed E-state index contributed by atoms with van der Waals surface area (Å²) in [6.07, 6.45) is 4.95. The number of pyridine rings is 1. The molecule has 3 saturated heterocycles. The summed E-state index contributed by atoms with van der Waals surface area (Å²) in [5.74, 6) is 1.44. The van der Waals surface area contributed by atoms with Crippen LogP contribution >= 0.6 is 0 Å². The monoisotopic (exact) mass is 487 g/mol. The molecule has 0 radical (unpaired) electrons. The fourth-order valence-corrected chi connectivity index (χ4v) is 7.84. The number of para-hydroxylation sites is 1. The van der Waals surface area contributed by atoms with E-state index in [9.17, 15) is 5.11 Å². The highest BCUT2D eigenvalue weighted by atomic mass is 16.3. The van der Waals surface area contributed by atoms with E-state index in [2.05, 4.69) is 90.8 Å². The standard InChI is InChI=1S/C34H35N2O/c1-2-23-21-36(22-31-27-11-5-3-9-25(27)19-26-10-4-6-12-28(26)31)18-16-24(23)20-33(36)34(37)30-15-17-35-32-14-8-7-13-29(30)32/h3-15,17,19,23-24,33-34,37H,2,16,18,20-22H2,1H3/q+1/t23-,24?,33+,34-,36?/m0/s1. The van der Waals surface area contributed by atoms with Crippen LogP contribution in [0.15, 0.2) is 91.1 Å². The molecule has 2 unspecified atom stereocenters. The van der Waals surface area contributed by atoms with Gasteiger partial charge >= 0.3 is 0 Å². The van der Waals surface area contributed by atoms with Crippen molar-refractivity contribution < 1.29 is 9.59 Å². The minimum atomic E-state index is -0.505. The van der Waals surface area contributed by atoms with E-state index in [4.69, 9.17) is 0 Å². The van der Waals surface area contributed by atoms with E-state index in [0.717, 1.165) is 52.9 Å². The lowest BCUT2D eigenvalue weighted by molar-refractivity contribution is -0.985. The van der Waals surface area contributed by atoms with Crippen molar-refractivity contribution in [3.8, 4) is 0 Å². The van der Waals surface area contributed by atoms with Gasteiger partial charge in [0.15, 0.2) is 0 Å². The highest BCUT2D eigenvalue weighted by molar-refractivity contribution is 6.02. The van der Waals surface area contributed by atoms with Crippen LogP contribution in [-0.4, -0.2) is 33.7 Å². The van der Waals surface area contributed by atoms with Gasteiger partial charge in [-0.2, -0.15) is 0 Å². The van der Waals surface area contributed by atoms with Gasteiger partial charge in [-0.3, -0.25) is 4.98 Å². The Balaban J connectivity index is 1.39. The van der Waals surface area contributed by atoms with E-state index >= 15 is 0 Å². The fourth-order valence-electron chi connectivity index (χ4n) is 7.84. The van der Waals surface area contributed by atoms with E-state index in [1.807, 2.05) is 12.3 Å². The summed E-state index contributed by atoms with van der Waals surface area (Å²) in [5, 5.41) is 18.6. The molecule has 4 heterocycles. The quantitative estimate of drug-likeness (QED) is 0.207. The van der Waals surface area contributed by atoms with Crippen molar-refractivity contribution in [2.45, 2.75) is 44.9 Å². The summed E-state index contributed by atoms with van der Waals surface area (Å²) in [7, 11) is 0. The predicted molar refractivity (Wildman–Crippen MR) is 152 cm³/mol. The lowest BCUT2D eigenvalue weighted by Gasteiger charge is -2.58. The van der Waals surface area contributed by atoms with Crippen LogP contribution in [0.3, 0.4) is 0 Å². The minimum absolute atomic E-state index is 0.185. The van der Waals surface area contributed by atoms with E-state index < -0.39 is 6.10 Å². The Labute approximate surface area is 219 Å². The van der Waals surface area contributed by atoms with Crippen LogP contribution in [-0.2, 0) is 6.54 Å². The number of quaternary nitrogens is 1. The second-order valence-corrected chi connectivity index (χ2v) is 11.5. The van der Waals surface area contributed by atoms with Crippen LogP contribution in [0.2, 0.25) is 0 Å². The van der Waals surface area contributed by atoms with Crippen LogP contribution in [0.4, 0.5) is 0 Å². The Bertz CT molecular complexity index is 1550. The number of aliphatic hydroxyl groups is 1. The average molecular weight is 488 g/mol. The van der Waals surface area contributed by atoms with Crippen molar-refractivity contribution in [1.29, 1.82) is 0 Å². The number of piperidine rings is 3. The van der Waals surface area contributed by atoms with E-state index in [-0.39, 0.29) is 6.04 Å². The average Bonchev–Trinajstić information content (AvgIpc) is 2.96. The maximum absolute atomic E-state index is 12.2. The maximum Gasteiger partial charge on any atom is 0.131 e. The molecule has 1 aromatic heterocycles. The molecule has 4 aromatic carbocycles. The predicted octanol–water partition coefficient (Wildman–Crippen LogP) is 7.41. The summed E-state index contributed by atoms with van der Waals surface area (Å²) < 4.78 is 0.977. The number of fused-ring (bicyclic) bond motifs is 6. The number of rotatable bonds is 5. The number of aromatic nitrogens is 1. The number of aliphatic hydroxyl groups excluding tert-OH is 1. The molecule has 186 valence electrons. The number of nitrogens with zero attached hydrogens (tertiary/aromatic N) is 2. The van der Waals surface area contributed by atoms with Gasteiger partial charge in [0.25, 0.3) is 0 Å². The van der Waals surface area contributed by atoms with Gasteiger partial charge in [0.1, 0.15) is 18.7 Å². The molecule has 3 aliphatic heterocycles. The van der Waals surface area contributed by atoms with Gasteiger partial charge in [-0.05, 0) is 57.6 Å². The number of benzene rings is 4. The Morgan fingerprint density at radius 1 is 0.892 bits per heavy atom. The second-order valence-electron chi connectivity index (χ2n) is 11.5. The molecule has 0 amide bonds. The molecule has 1 N–H and O–H groups in total. The molecule has 0 spiro atoms. The normalized spacial score (nSPS) is 26.2. The minimum Gasteiger partial charge on any atom is -0.382 e. The van der Waals surface area contributed by atoms with Crippen molar-refractivity contribution >= 4 is 32.4 Å². The smallest absolute Gasteiger partial charge is 0.131 e. The third-order valence-corrected chi connectivity index (χ3v) is 9.70. The molecule has 37 heavy (non-hydrogen) atoms. The highest BCUT2D eigenvalue weighted by Crippen LogP contribution is 2.49. The SMILES string of the molecule is CC[C@H]1C[N+]2(Cc3c4ccccc4cc4ccccc34)CCC1C[C@@H]2[C@@H](O)c1ccnc2ccccc12. The van der Waals surface area contributed by atoms with Gasteiger partial charge in [-0.1, -0.05) is 73.7 Å². The first-order valence-electron chi connectivity index (χ1n) is 13.9. The van der Waals surface area contributed by atoms with E-state index in [1.165, 1.54) is 39.9 Å². The zero-order valence-corrected chi connectivity index (χ0v) is 21.6. The van der Waals surface area contributed by atoms with Crippen LogP contribution in [0.25, 0.3) is 32.4 Å². The van der Waals surface area contributed by atoms with Crippen LogP contribution < -0.4 is 0 Å². The molecule has 2 bridgehead atoms. The highest BCUT2D eigenvalue weighted by Gasteiger charge is 2.54. The number of hydrogen-bond donors (Lipinski definition) is 1. The van der Waals surface area contributed by atoms with Gasteiger partial charge < -0.3 is 9.59 Å². The van der Waals surface area contributed by atoms with E-state index in [1.54, 1.807) is 0 Å². The molecular weight excluding hydrogens is 452 g/mol. The summed E-state index contributed by atoms with van der Waals surface area (Å²) in [6.45, 7) is 5.63. The summed E-state index contributed by atoms with van der Waals surface area (Å²) in [6, 6.07) is 30.6. The molecule has 5 atom stereocenters. The molecular formula is C34H35N2O+. The zero-order valence-electron chi connectivity index (χ0n) is 21.6. The first kappa shape index (κ1) is 22.9. The van der Waals surface area contributed by atoms with Crippen LogP contribution in [0.5, 0.6) is 0 Å². The third kappa shape index (κ3) is 3.67. The Hall–Kier alpha value is -3.27. The van der Waals surface area contributed by atoms with Gasteiger partial charge in [0.05, 0.1) is 18.6 Å². The molecule has 3 nitrogen and oxygen atoms in total. The summed E-state index contributed by atoms with van der Waals surface area (Å²) in [4.78, 5) is 4.58. The third-order valence-electron chi connectivity index (χ3n) is 9.70. The van der Waals surface area contributed by atoms with Crippen molar-refractivity contribution in [3.63, 3.8) is 0 Å². The van der Waals surface area contributed by atoms with Crippen molar-refractivity contribution in [2.24, 2.45) is 11.8 Å².